The second kappa shape index (κ2) is 10.8. The van der Waals surface area contributed by atoms with Crippen LogP contribution in [0.2, 0.25) is 0 Å². The number of carbonyl (C=O) groups excluding carboxylic acids is 2. The fourth-order valence-corrected chi connectivity index (χ4v) is 6.49. The molecule has 0 spiro atoms. The quantitative estimate of drug-likeness (QED) is 0.567. The molecule has 170 valence electrons. The molecule has 2 unspecified atom stereocenters. The first-order valence-electron chi connectivity index (χ1n) is 12.7. The van der Waals surface area contributed by atoms with Gasteiger partial charge in [0.05, 0.1) is 6.42 Å². The van der Waals surface area contributed by atoms with Gasteiger partial charge >= 0.3 is 0 Å². The summed E-state index contributed by atoms with van der Waals surface area (Å²) >= 11 is 0. The molecule has 0 radical (unpaired) electrons. The third kappa shape index (κ3) is 5.77. The number of piperidine rings is 2. The molecule has 2 bridgehead atoms. The third-order valence-corrected chi connectivity index (χ3v) is 7.86. The summed E-state index contributed by atoms with van der Waals surface area (Å²) in [6, 6.07) is 12.5. The van der Waals surface area contributed by atoms with E-state index in [1.165, 1.54) is 71.1 Å². The maximum Gasteiger partial charge on any atom is 0.230 e. The van der Waals surface area contributed by atoms with Gasteiger partial charge in [0, 0.05) is 30.7 Å². The van der Waals surface area contributed by atoms with E-state index >= 15 is 0 Å². The largest absolute Gasteiger partial charge is 0.335 e. The van der Waals surface area contributed by atoms with Crippen LogP contribution in [0.1, 0.15) is 96.0 Å². The second-order valence-electron chi connectivity index (χ2n) is 10.2. The number of amides is 1. The van der Waals surface area contributed by atoms with Crippen molar-refractivity contribution in [1.29, 1.82) is 0 Å². The Morgan fingerprint density at radius 1 is 0.839 bits per heavy atom. The van der Waals surface area contributed by atoms with Crippen molar-refractivity contribution < 1.29 is 9.59 Å². The van der Waals surface area contributed by atoms with Crippen LogP contribution < -0.4 is 0 Å². The number of hydrogen-bond acceptors (Lipinski definition) is 3. The molecule has 2 aliphatic heterocycles. The highest BCUT2D eigenvalue weighted by Gasteiger charge is 2.43. The first-order chi connectivity index (χ1) is 15.1. The zero-order chi connectivity index (χ0) is 21.6. The Kier molecular flexibility index (Phi) is 7.81. The molecule has 0 N–H and O–H groups in total. The lowest BCUT2D eigenvalue weighted by molar-refractivity contribution is -0.140. The average Bonchev–Trinajstić information content (AvgIpc) is 2.71. The van der Waals surface area contributed by atoms with E-state index in [1.807, 2.05) is 18.2 Å². The summed E-state index contributed by atoms with van der Waals surface area (Å²) in [5, 5.41) is 0. The van der Waals surface area contributed by atoms with Gasteiger partial charge in [-0.3, -0.25) is 14.5 Å². The Bertz CT molecular complexity index is 712. The summed E-state index contributed by atoms with van der Waals surface area (Å²) in [6.45, 7) is 2.16. The molecule has 4 rings (SSSR count). The summed E-state index contributed by atoms with van der Waals surface area (Å²) in [5.41, 5.74) is 1.16. The van der Waals surface area contributed by atoms with Crippen LogP contribution in [-0.4, -0.2) is 45.7 Å². The van der Waals surface area contributed by atoms with Crippen molar-refractivity contribution in [3.8, 4) is 0 Å². The molecule has 4 heteroatoms. The van der Waals surface area contributed by atoms with Gasteiger partial charge < -0.3 is 4.90 Å². The lowest BCUT2D eigenvalue weighted by Crippen LogP contribution is -2.60. The molecule has 1 aliphatic carbocycles. The SMILES string of the molecule is CC(=O)CC(=O)N(Cc1ccccc1)C1CC2CCCC(C1)N2C1CCCCCCC1. The van der Waals surface area contributed by atoms with Crippen LogP contribution in [0.15, 0.2) is 30.3 Å². The standard InChI is InChI=1S/C27H40N2O2/c1-21(30)17-27(31)28(20-22-11-6-5-7-12-22)26-18-24-15-10-16-25(19-26)29(24)23-13-8-3-2-4-9-14-23/h5-7,11-12,23-26H,2-4,8-10,13-20H2,1H3. The number of benzene rings is 1. The summed E-state index contributed by atoms with van der Waals surface area (Å²) in [5.74, 6) is -0.0194. The van der Waals surface area contributed by atoms with Crippen molar-refractivity contribution in [2.45, 2.75) is 121 Å². The third-order valence-electron chi connectivity index (χ3n) is 7.86. The fourth-order valence-electron chi connectivity index (χ4n) is 6.49. The Balaban J connectivity index is 1.51. The molecule has 0 aromatic heterocycles. The Morgan fingerprint density at radius 2 is 1.42 bits per heavy atom. The van der Waals surface area contributed by atoms with Gasteiger partial charge in [-0.15, -0.1) is 0 Å². The molecule has 1 aromatic carbocycles. The highest BCUT2D eigenvalue weighted by atomic mass is 16.2. The van der Waals surface area contributed by atoms with Gasteiger partial charge in [0.2, 0.25) is 5.91 Å². The monoisotopic (exact) mass is 424 g/mol. The van der Waals surface area contributed by atoms with Crippen molar-refractivity contribution in [2.75, 3.05) is 0 Å². The van der Waals surface area contributed by atoms with Crippen molar-refractivity contribution in [3.05, 3.63) is 35.9 Å². The predicted octanol–water partition coefficient (Wildman–Crippen LogP) is 5.49. The molecule has 31 heavy (non-hydrogen) atoms. The molecule has 2 atom stereocenters. The Morgan fingerprint density at radius 3 is 2.03 bits per heavy atom. The topological polar surface area (TPSA) is 40.6 Å². The zero-order valence-corrected chi connectivity index (χ0v) is 19.3. The number of hydrogen-bond donors (Lipinski definition) is 0. The molecule has 1 saturated carbocycles. The van der Waals surface area contributed by atoms with Crippen LogP contribution in [0.25, 0.3) is 0 Å². The highest BCUT2D eigenvalue weighted by Crippen LogP contribution is 2.40. The minimum absolute atomic E-state index is 0.0128. The van der Waals surface area contributed by atoms with Gasteiger partial charge in [0.15, 0.2) is 0 Å². The zero-order valence-electron chi connectivity index (χ0n) is 19.3. The van der Waals surface area contributed by atoms with Gasteiger partial charge in [0.1, 0.15) is 5.78 Å². The van der Waals surface area contributed by atoms with E-state index in [4.69, 9.17) is 0 Å². The number of ketones is 1. The first-order valence-corrected chi connectivity index (χ1v) is 12.7. The predicted molar refractivity (Wildman–Crippen MR) is 125 cm³/mol. The Labute approximate surface area is 188 Å². The van der Waals surface area contributed by atoms with Crippen molar-refractivity contribution in [1.82, 2.24) is 9.80 Å². The highest BCUT2D eigenvalue weighted by molar-refractivity contribution is 5.96. The van der Waals surface area contributed by atoms with Crippen molar-refractivity contribution in [3.63, 3.8) is 0 Å². The number of carbonyl (C=O) groups is 2. The normalized spacial score (nSPS) is 27.8. The maximum atomic E-state index is 13.1. The molecule has 1 amide bonds. The number of Topliss-reactive ketones (excluding diaryl/α,β-unsaturated/α-hetero) is 1. The first kappa shape index (κ1) is 22.5. The molecule has 2 saturated heterocycles. The summed E-state index contributed by atoms with van der Waals surface area (Å²) < 4.78 is 0. The van der Waals surface area contributed by atoms with E-state index in [1.54, 1.807) is 0 Å². The Hall–Kier alpha value is -1.68. The van der Waals surface area contributed by atoms with E-state index < -0.39 is 0 Å². The molecule has 2 heterocycles. The van der Waals surface area contributed by atoms with Crippen molar-refractivity contribution in [2.24, 2.45) is 0 Å². The molecule has 1 aromatic rings. The lowest BCUT2D eigenvalue weighted by Gasteiger charge is -2.54. The van der Waals surface area contributed by atoms with Crippen LogP contribution in [-0.2, 0) is 16.1 Å². The van der Waals surface area contributed by atoms with Crippen LogP contribution in [0.4, 0.5) is 0 Å². The summed E-state index contributed by atoms with van der Waals surface area (Å²) in [6.07, 6.45) is 15.7. The number of nitrogens with zero attached hydrogens (tertiary/aromatic N) is 2. The lowest BCUT2D eigenvalue weighted by atomic mass is 9.78. The van der Waals surface area contributed by atoms with E-state index in [-0.39, 0.29) is 24.2 Å². The van der Waals surface area contributed by atoms with E-state index in [0.717, 1.165) is 24.4 Å². The van der Waals surface area contributed by atoms with Gasteiger partial charge in [-0.1, -0.05) is 68.9 Å². The van der Waals surface area contributed by atoms with Gasteiger partial charge in [-0.25, -0.2) is 0 Å². The van der Waals surface area contributed by atoms with Gasteiger partial charge in [0.25, 0.3) is 0 Å². The van der Waals surface area contributed by atoms with Crippen LogP contribution in [0, 0.1) is 0 Å². The van der Waals surface area contributed by atoms with Gasteiger partial charge in [-0.05, 0) is 51.0 Å². The number of rotatable bonds is 6. The molecular formula is C27H40N2O2. The van der Waals surface area contributed by atoms with Crippen LogP contribution >= 0.6 is 0 Å². The fraction of sp³-hybridized carbons (Fsp3) is 0.704. The molecule has 4 nitrogen and oxygen atoms in total. The van der Waals surface area contributed by atoms with E-state index in [9.17, 15) is 9.59 Å². The van der Waals surface area contributed by atoms with Gasteiger partial charge in [-0.2, -0.15) is 0 Å². The number of fused-ring (bicyclic) bond motifs is 2. The van der Waals surface area contributed by atoms with E-state index in [2.05, 4.69) is 21.9 Å². The minimum atomic E-state index is -0.0322. The van der Waals surface area contributed by atoms with Crippen LogP contribution in [0.3, 0.4) is 0 Å². The summed E-state index contributed by atoms with van der Waals surface area (Å²) in [7, 11) is 0. The second-order valence-corrected chi connectivity index (χ2v) is 10.2. The average molecular weight is 425 g/mol. The van der Waals surface area contributed by atoms with Crippen molar-refractivity contribution >= 4 is 11.7 Å². The van der Waals surface area contributed by atoms with Crippen LogP contribution in [0.5, 0.6) is 0 Å². The molecule has 3 fully saturated rings. The van der Waals surface area contributed by atoms with E-state index in [0.29, 0.717) is 18.6 Å². The summed E-state index contributed by atoms with van der Waals surface area (Å²) in [4.78, 5) is 29.8. The molecular weight excluding hydrogens is 384 g/mol. The minimum Gasteiger partial charge on any atom is -0.335 e. The maximum absolute atomic E-state index is 13.1. The smallest absolute Gasteiger partial charge is 0.230 e. The molecule has 3 aliphatic rings.